The second-order valence-corrected chi connectivity index (χ2v) is 3.59. The van der Waals surface area contributed by atoms with Crippen LogP contribution in [-0.2, 0) is 0 Å². The first-order chi connectivity index (χ1) is 8.20. The van der Waals surface area contributed by atoms with Gasteiger partial charge < -0.3 is 0 Å². The molecule has 1 unspecified atom stereocenters. The first-order valence-corrected chi connectivity index (χ1v) is 5.03. The Bertz CT molecular complexity index is 499. The number of nitrogens with zero attached hydrogens (tertiary/aromatic N) is 1. The highest BCUT2D eigenvalue weighted by Gasteiger charge is 2.13. The molecule has 0 fully saturated rings. The third-order valence-corrected chi connectivity index (χ3v) is 2.43. The molecule has 2 aromatic rings. The van der Waals surface area contributed by atoms with Crippen LogP contribution in [0, 0.1) is 11.6 Å². The van der Waals surface area contributed by atoms with Gasteiger partial charge in [-0.25, -0.2) is 14.2 Å². The number of aromatic nitrogens is 1. The third kappa shape index (κ3) is 2.64. The van der Waals surface area contributed by atoms with Gasteiger partial charge in [-0.15, -0.1) is 0 Å². The summed E-state index contributed by atoms with van der Waals surface area (Å²) in [6.45, 7) is 0. The molecule has 0 bridgehead atoms. The molecule has 0 saturated carbocycles. The maximum atomic E-state index is 13.1. The Morgan fingerprint density at radius 2 is 1.71 bits per heavy atom. The highest BCUT2D eigenvalue weighted by Crippen LogP contribution is 2.21. The van der Waals surface area contributed by atoms with E-state index in [1.807, 2.05) is 0 Å². The molecule has 3 nitrogen and oxygen atoms in total. The lowest BCUT2D eigenvalue weighted by Gasteiger charge is -2.16. The molecule has 1 atom stereocenters. The van der Waals surface area contributed by atoms with Gasteiger partial charge in [-0.2, -0.15) is 0 Å². The zero-order valence-corrected chi connectivity index (χ0v) is 8.90. The fourth-order valence-corrected chi connectivity index (χ4v) is 1.63. The molecule has 3 N–H and O–H groups in total. The highest BCUT2D eigenvalue weighted by molar-refractivity contribution is 5.30. The molecule has 88 valence electrons. The predicted molar refractivity (Wildman–Crippen MR) is 59.8 cm³/mol. The van der Waals surface area contributed by atoms with Crippen LogP contribution in [0.2, 0.25) is 0 Å². The minimum Gasteiger partial charge on any atom is -0.271 e. The second-order valence-electron chi connectivity index (χ2n) is 3.59. The molecule has 2 rings (SSSR count). The molecule has 0 radical (unpaired) electrons. The minimum atomic E-state index is -0.440. The predicted octanol–water partition coefficient (Wildman–Crippen LogP) is 1.91. The third-order valence-electron chi connectivity index (χ3n) is 2.43. The molecule has 5 heteroatoms. The van der Waals surface area contributed by atoms with Crippen LogP contribution in [-0.4, -0.2) is 4.98 Å². The van der Waals surface area contributed by atoms with Gasteiger partial charge in [0.2, 0.25) is 0 Å². The van der Waals surface area contributed by atoms with Crippen molar-refractivity contribution < 1.29 is 8.78 Å². The summed E-state index contributed by atoms with van der Waals surface area (Å²) < 4.78 is 25.8. The average molecular weight is 235 g/mol. The van der Waals surface area contributed by atoms with E-state index in [4.69, 9.17) is 5.84 Å². The lowest BCUT2D eigenvalue weighted by Crippen LogP contribution is -2.29. The molecule has 1 heterocycles. The fourth-order valence-electron chi connectivity index (χ4n) is 1.63. The van der Waals surface area contributed by atoms with Crippen LogP contribution >= 0.6 is 0 Å². The van der Waals surface area contributed by atoms with E-state index in [-0.39, 0.29) is 5.82 Å². The molecule has 0 aliphatic carbocycles. The Morgan fingerprint density at radius 3 is 2.29 bits per heavy atom. The number of nitrogens with two attached hydrogens (primary N) is 1. The van der Waals surface area contributed by atoms with Crippen LogP contribution in [0.25, 0.3) is 0 Å². The highest BCUT2D eigenvalue weighted by atomic mass is 19.1. The molecule has 0 aliphatic heterocycles. The number of hydrogen-bond acceptors (Lipinski definition) is 3. The van der Waals surface area contributed by atoms with Crippen molar-refractivity contribution in [1.82, 2.24) is 10.4 Å². The molecule has 0 spiro atoms. The summed E-state index contributed by atoms with van der Waals surface area (Å²) in [4.78, 5) is 3.75. The van der Waals surface area contributed by atoms with E-state index in [1.54, 1.807) is 12.1 Å². The number of halogens is 2. The summed E-state index contributed by atoms with van der Waals surface area (Å²) in [5.74, 6) is 4.66. The Balaban J connectivity index is 2.36. The van der Waals surface area contributed by atoms with Crippen molar-refractivity contribution in [3.05, 3.63) is 65.5 Å². The molecular formula is C12H11F2N3. The van der Waals surface area contributed by atoms with Gasteiger partial charge in [0, 0.05) is 6.20 Å². The quantitative estimate of drug-likeness (QED) is 0.631. The topological polar surface area (TPSA) is 50.9 Å². The summed E-state index contributed by atoms with van der Waals surface area (Å²) in [5, 5.41) is 0. The average Bonchev–Trinajstić information content (AvgIpc) is 2.33. The van der Waals surface area contributed by atoms with Crippen molar-refractivity contribution in [2.75, 3.05) is 0 Å². The van der Waals surface area contributed by atoms with E-state index in [1.165, 1.54) is 24.4 Å². The van der Waals surface area contributed by atoms with Crippen LogP contribution in [0.4, 0.5) is 8.78 Å². The normalized spacial score (nSPS) is 12.4. The Hall–Kier alpha value is -1.85. The zero-order chi connectivity index (χ0) is 12.3. The van der Waals surface area contributed by atoms with Gasteiger partial charge in [0.05, 0.1) is 12.2 Å². The van der Waals surface area contributed by atoms with E-state index < -0.39 is 11.9 Å². The molecule has 0 saturated heterocycles. The summed E-state index contributed by atoms with van der Waals surface area (Å²) in [7, 11) is 0. The van der Waals surface area contributed by atoms with Crippen LogP contribution in [0.3, 0.4) is 0 Å². The first-order valence-electron chi connectivity index (χ1n) is 5.03. The molecule has 1 aromatic heterocycles. The fraction of sp³-hybridized carbons (Fsp3) is 0.0833. The van der Waals surface area contributed by atoms with Crippen molar-refractivity contribution >= 4 is 0 Å². The van der Waals surface area contributed by atoms with Gasteiger partial charge in [0.15, 0.2) is 0 Å². The first kappa shape index (κ1) is 11.6. The van der Waals surface area contributed by atoms with E-state index in [0.717, 1.165) is 11.8 Å². The Kier molecular flexibility index (Phi) is 3.41. The lowest BCUT2D eigenvalue weighted by atomic mass is 10.0. The van der Waals surface area contributed by atoms with Gasteiger partial charge in [0.25, 0.3) is 0 Å². The molecular weight excluding hydrogens is 224 g/mol. The monoisotopic (exact) mass is 235 g/mol. The summed E-state index contributed by atoms with van der Waals surface area (Å²) >= 11 is 0. The van der Waals surface area contributed by atoms with Gasteiger partial charge in [-0.1, -0.05) is 12.1 Å². The maximum absolute atomic E-state index is 13.1. The van der Waals surface area contributed by atoms with Crippen molar-refractivity contribution in [2.45, 2.75) is 6.04 Å². The van der Waals surface area contributed by atoms with Crippen molar-refractivity contribution in [1.29, 1.82) is 0 Å². The summed E-state index contributed by atoms with van der Waals surface area (Å²) in [6, 6.07) is 6.74. The van der Waals surface area contributed by atoms with E-state index in [0.29, 0.717) is 5.56 Å². The number of pyridine rings is 1. The van der Waals surface area contributed by atoms with Gasteiger partial charge in [-0.3, -0.25) is 10.8 Å². The number of hydrazine groups is 1. The Morgan fingerprint density at radius 1 is 1.00 bits per heavy atom. The Labute approximate surface area is 97.3 Å². The molecule has 0 aliphatic rings. The van der Waals surface area contributed by atoms with Gasteiger partial charge in [-0.05, 0) is 29.3 Å². The standard InChI is InChI=1S/C12H11F2N3/c13-10-3-1-8(2-4-10)12(17-15)9-5-11(14)7-16-6-9/h1-7,12,17H,15H2. The smallest absolute Gasteiger partial charge is 0.141 e. The van der Waals surface area contributed by atoms with Crippen LogP contribution in [0.1, 0.15) is 17.2 Å². The van der Waals surface area contributed by atoms with Crippen LogP contribution in [0.15, 0.2) is 42.7 Å². The van der Waals surface area contributed by atoms with Crippen molar-refractivity contribution in [2.24, 2.45) is 5.84 Å². The van der Waals surface area contributed by atoms with E-state index in [2.05, 4.69) is 10.4 Å². The maximum Gasteiger partial charge on any atom is 0.141 e. The van der Waals surface area contributed by atoms with Crippen LogP contribution in [0.5, 0.6) is 0 Å². The lowest BCUT2D eigenvalue weighted by molar-refractivity contribution is 0.594. The molecule has 17 heavy (non-hydrogen) atoms. The largest absolute Gasteiger partial charge is 0.271 e. The zero-order valence-electron chi connectivity index (χ0n) is 8.90. The number of hydrogen-bond donors (Lipinski definition) is 2. The molecule has 0 amide bonds. The van der Waals surface area contributed by atoms with E-state index >= 15 is 0 Å². The van der Waals surface area contributed by atoms with E-state index in [9.17, 15) is 8.78 Å². The van der Waals surface area contributed by atoms with Crippen LogP contribution < -0.4 is 11.3 Å². The van der Waals surface area contributed by atoms with Gasteiger partial charge >= 0.3 is 0 Å². The summed E-state index contributed by atoms with van der Waals surface area (Å²) in [6.07, 6.45) is 2.62. The molecule has 1 aromatic carbocycles. The van der Waals surface area contributed by atoms with Gasteiger partial charge in [0.1, 0.15) is 11.6 Å². The summed E-state index contributed by atoms with van der Waals surface area (Å²) in [5.41, 5.74) is 3.87. The SMILES string of the molecule is NNC(c1ccc(F)cc1)c1cncc(F)c1. The van der Waals surface area contributed by atoms with Crippen molar-refractivity contribution in [3.8, 4) is 0 Å². The minimum absolute atomic E-state index is 0.332. The van der Waals surface area contributed by atoms with Crippen molar-refractivity contribution in [3.63, 3.8) is 0 Å². The second kappa shape index (κ2) is 4.99. The number of rotatable bonds is 3. The number of benzene rings is 1. The number of nitrogens with one attached hydrogen (secondary N) is 1.